The summed E-state index contributed by atoms with van der Waals surface area (Å²) in [5.41, 5.74) is -0.113. The molecule has 5 nitrogen and oxygen atoms in total. The van der Waals surface area contributed by atoms with Crippen LogP contribution in [0.3, 0.4) is 0 Å². The number of hydrogen-bond donors (Lipinski definition) is 1. The minimum atomic E-state index is -0.618. The highest BCUT2D eigenvalue weighted by Crippen LogP contribution is 2.23. The van der Waals surface area contributed by atoms with Crippen molar-refractivity contribution < 1.29 is 9.18 Å². The van der Waals surface area contributed by atoms with E-state index in [1.54, 1.807) is 6.20 Å². The van der Waals surface area contributed by atoms with Gasteiger partial charge in [0.25, 0.3) is 5.91 Å². The smallest absolute Gasteiger partial charge is 0.255 e. The minimum absolute atomic E-state index is 0.111. The Kier molecular flexibility index (Phi) is 4.71. The Hall–Kier alpha value is -2.21. The van der Waals surface area contributed by atoms with Gasteiger partial charge in [0, 0.05) is 25.3 Å². The summed E-state index contributed by atoms with van der Waals surface area (Å²) in [6.07, 6.45) is 3.57. The molecule has 0 aliphatic carbocycles. The number of amides is 1. The number of rotatable bonds is 4. The van der Waals surface area contributed by atoms with Gasteiger partial charge in [0.1, 0.15) is 5.82 Å². The van der Waals surface area contributed by atoms with Gasteiger partial charge in [0.05, 0.1) is 10.6 Å². The monoisotopic (exact) mass is 334 g/mol. The summed E-state index contributed by atoms with van der Waals surface area (Å²) in [5.74, 6) is -0.334. The first-order chi connectivity index (χ1) is 11.2. The van der Waals surface area contributed by atoms with Crippen molar-refractivity contribution in [1.82, 2.24) is 15.5 Å². The zero-order valence-electron chi connectivity index (χ0n) is 12.4. The highest BCUT2D eigenvalue weighted by atomic mass is 35.5. The summed E-state index contributed by atoms with van der Waals surface area (Å²) in [5, 5.41) is 10.9. The van der Waals surface area contributed by atoms with Crippen molar-refractivity contribution in [3.8, 4) is 0 Å². The van der Waals surface area contributed by atoms with Gasteiger partial charge in [-0.05, 0) is 37.1 Å². The lowest BCUT2D eigenvalue weighted by Gasteiger charge is -2.25. The number of nitrogens with zero attached hydrogens (tertiary/aromatic N) is 3. The van der Waals surface area contributed by atoms with Crippen molar-refractivity contribution in [2.75, 3.05) is 18.0 Å². The van der Waals surface area contributed by atoms with Gasteiger partial charge in [0.15, 0.2) is 5.82 Å². The van der Waals surface area contributed by atoms with E-state index in [4.69, 9.17) is 11.6 Å². The predicted octanol–water partition coefficient (Wildman–Crippen LogP) is 2.67. The average Bonchev–Trinajstić information content (AvgIpc) is 3.02. The van der Waals surface area contributed by atoms with Gasteiger partial charge in [-0.2, -0.15) is 5.10 Å². The molecule has 1 aromatic carbocycles. The quantitative estimate of drug-likeness (QED) is 0.934. The summed E-state index contributed by atoms with van der Waals surface area (Å²) >= 11 is 5.91. The maximum Gasteiger partial charge on any atom is 0.255 e. The first-order valence-corrected chi connectivity index (χ1v) is 7.81. The molecule has 2 heterocycles. The summed E-state index contributed by atoms with van der Waals surface area (Å²) in [7, 11) is 0. The molecule has 1 fully saturated rings. The summed E-state index contributed by atoms with van der Waals surface area (Å²) in [6, 6.07) is 8.03. The number of aromatic nitrogens is 2. The molecule has 1 saturated heterocycles. The van der Waals surface area contributed by atoms with Crippen LogP contribution in [-0.2, 0) is 0 Å². The Labute approximate surface area is 138 Å². The minimum Gasteiger partial charge on any atom is -0.350 e. The van der Waals surface area contributed by atoms with Crippen LogP contribution < -0.4 is 10.2 Å². The fourth-order valence-electron chi connectivity index (χ4n) is 2.81. The topological polar surface area (TPSA) is 58.1 Å². The second-order valence-corrected chi connectivity index (χ2v) is 5.79. The summed E-state index contributed by atoms with van der Waals surface area (Å²) < 4.78 is 13.8. The van der Waals surface area contributed by atoms with Crippen molar-refractivity contribution in [1.29, 1.82) is 0 Å². The molecule has 1 aromatic heterocycles. The molecule has 1 amide bonds. The van der Waals surface area contributed by atoms with Crippen LogP contribution in [0.25, 0.3) is 0 Å². The molecule has 23 heavy (non-hydrogen) atoms. The number of hydrogen-bond acceptors (Lipinski definition) is 4. The van der Waals surface area contributed by atoms with E-state index in [1.165, 1.54) is 18.2 Å². The van der Waals surface area contributed by atoms with E-state index in [1.807, 2.05) is 12.1 Å². The second kappa shape index (κ2) is 6.91. The van der Waals surface area contributed by atoms with E-state index in [0.29, 0.717) is 6.54 Å². The fraction of sp³-hybridized carbons (Fsp3) is 0.312. The van der Waals surface area contributed by atoms with Crippen molar-refractivity contribution in [3.05, 3.63) is 52.9 Å². The third kappa shape index (κ3) is 3.42. The lowest BCUT2D eigenvalue weighted by atomic mass is 10.1. The van der Waals surface area contributed by atoms with E-state index in [2.05, 4.69) is 20.4 Å². The van der Waals surface area contributed by atoms with Crippen LogP contribution in [0, 0.1) is 5.82 Å². The second-order valence-electron chi connectivity index (χ2n) is 5.38. The predicted molar refractivity (Wildman–Crippen MR) is 86.1 cm³/mol. The Morgan fingerprint density at radius 3 is 3.00 bits per heavy atom. The maximum absolute atomic E-state index is 13.8. The van der Waals surface area contributed by atoms with Gasteiger partial charge in [-0.15, -0.1) is 5.10 Å². The fourth-order valence-corrected chi connectivity index (χ4v) is 3.06. The van der Waals surface area contributed by atoms with Crippen LogP contribution in [0.2, 0.25) is 5.02 Å². The van der Waals surface area contributed by atoms with Crippen molar-refractivity contribution in [2.24, 2.45) is 0 Å². The van der Waals surface area contributed by atoms with Crippen LogP contribution in [-0.4, -0.2) is 35.2 Å². The molecule has 2 aromatic rings. The molecule has 1 aliphatic heterocycles. The Bertz CT molecular complexity index is 677. The molecule has 1 N–H and O–H groups in total. The standard InChI is InChI=1S/C16H16ClFN4O/c17-12-5-1-6-13(18)15(12)16(23)19-10-11-4-3-9-22(11)14-7-2-8-20-21-14/h1-2,5-8,11H,3-4,9-10H2,(H,19,23). The number of carbonyl (C=O) groups is 1. The van der Waals surface area contributed by atoms with Crippen molar-refractivity contribution in [2.45, 2.75) is 18.9 Å². The number of carbonyl (C=O) groups excluding carboxylic acids is 1. The van der Waals surface area contributed by atoms with Crippen LogP contribution in [0.4, 0.5) is 10.2 Å². The van der Waals surface area contributed by atoms with Crippen LogP contribution in [0.1, 0.15) is 23.2 Å². The van der Waals surface area contributed by atoms with E-state index in [0.717, 1.165) is 25.2 Å². The third-order valence-electron chi connectivity index (χ3n) is 3.92. The SMILES string of the molecule is O=C(NCC1CCCN1c1cccnn1)c1c(F)cccc1Cl. The summed E-state index contributed by atoms with van der Waals surface area (Å²) in [4.78, 5) is 14.3. The number of nitrogens with one attached hydrogen (secondary N) is 1. The molecule has 120 valence electrons. The number of benzene rings is 1. The lowest BCUT2D eigenvalue weighted by Crippen LogP contribution is -2.41. The Morgan fingerprint density at radius 1 is 1.39 bits per heavy atom. The van der Waals surface area contributed by atoms with Crippen LogP contribution in [0.5, 0.6) is 0 Å². The van der Waals surface area contributed by atoms with E-state index >= 15 is 0 Å². The third-order valence-corrected chi connectivity index (χ3v) is 4.23. The molecule has 0 spiro atoms. The maximum atomic E-state index is 13.8. The lowest BCUT2D eigenvalue weighted by molar-refractivity contribution is 0.0947. The van der Waals surface area contributed by atoms with E-state index in [9.17, 15) is 9.18 Å². The van der Waals surface area contributed by atoms with E-state index in [-0.39, 0.29) is 16.6 Å². The normalized spacial score (nSPS) is 17.3. The van der Waals surface area contributed by atoms with E-state index < -0.39 is 11.7 Å². The summed E-state index contributed by atoms with van der Waals surface area (Å²) in [6.45, 7) is 1.26. The largest absolute Gasteiger partial charge is 0.350 e. The molecule has 0 radical (unpaired) electrons. The zero-order valence-corrected chi connectivity index (χ0v) is 13.1. The average molecular weight is 335 g/mol. The molecule has 7 heteroatoms. The number of anilines is 1. The number of halogens is 2. The molecule has 3 rings (SSSR count). The van der Waals surface area contributed by atoms with Gasteiger partial charge in [0.2, 0.25) is 0 Å². The molecule has 1 aliphatic rings. The molecule has 0 saturated carbocycles. The Balaban J connectivity index is 1.67. The first-order valence-electron chi connectivity index (χ1n) is 7.43. The molecular weight excluding hydrogens is 319 g/mol. The zero-order chi connectivity index (χ0) is 16.2. The first kappa shape index (κ1) is 15.7. The highest BCUT2D eigenvalue weighted by molar-refractivity contribution is 6.33. The van der Waals surface area contributed by atoms with Gasteiger partial charge in [-0.1, -0.05) is 17.7 Å². The van der Waals surface area contributed by atoms with Crippen molar-refractivity contribution in [3.63, 3.8) is 0 Å². The Morgan fingerprint density at radius 2 is 2.26 bits per heavy atom. The van der Waals surface area contributed by atoms with Crippen molar-refractivity contribution >= 4 is 23.3 Å². The molecule has 0 bridgehead atoms. The molecule has 1 atom stereocenters. The van der Waals surface area contributed by atoms with Gasteiger partial charge < -0.3 is 10.2 Å². The van der Waals surface area contributed by atoms with Crippen LogP contribution >= 0.6 is 11.6 Å². The molecular formula is C16H16ClFN4O. The molecule has 1 unspecified atom stereocenters. The van der Waals surface area contributed by atoms with Gasteiger partial charge >= 0.3 is 0 Å². The van der Waals surface area contributed by atoms with Gasteiger partial charge in [-0.25, -0.2) is 4.39 Å². The van der Waals surface area contributed by atoms with Crippen LogP contribution in [0.15, 0.2) is 36.5 Å². The van der Waals surface area contributed by atoms with Gasteiger partial charge in [-0.3, -0.25) is 4.79 Å². The highest BCUT2D eigenvalue weighted by Gasteiger charge is 2.27.